The summed E-state index contributed by atoms with van der Waals surface area (Å²) in [5, 5.41) is 20.5. The number of aliphatic hydroxyl groups excluding tert-OH is 2. The third-order valence-corrected chi connectivity index (χ3v) is 15.5. The molecule has 0 saturated carbocycles. The standard InChI is InChI=1S/C67H118O16P2/c1-4-7-10-13-16-19-22-25-27-29-30-32-34-36-38-41-44-47-50-53-65(70)77-56-62(68)57-79-84(73,74)80-58-63(69)59-81-85(75,76)82-61-64(83-67(72)55-52-49-46-43-40-35-24-21-18-15-12-9-6-3)60-78-66(71)54-51-48-45-42-39-37-33-31-28-26-23-20-17-14-11-8-5-2/h7-8,10-11,16-17,19-20,25-28,30,32,62-64,68-69H,4-6,9,12-15,18,21-24,29,31,33-61H2,1-3H3,(H,73,74)(H,75,76)/b10-7-,11-8-,19-16-,20-17-,27-25-,28-26-,32-30-. The van der Waals surface area contributed by atoms with Crippen molar-refractivity contribution in [2.24, 2.45) is 0 Å². The van der Waals surface area contributed by atoms with Crippen LogP contribution in [-0.4, -0.2) is 95.9 Å². The molecule has 5 atom stereocenters. The predicted octanol–water partition coefficient (Wildman–Crippen LogP) is 17.8. The molecule has 0 radical (unpaired) electrons. The van der Waals surface area contributed by atoms with Gasteiger partial charge in [-0.15, -0.1) is 0 Å². The first-order valence-corrected chi connectivity index (χ1v) is 35.9. The number of allylic oxidation sites excluding steroid dienone is 14. The molecule has 0 aliphatic rings. The second kappa shape index (κ2) is 61.0. The highest BCUT2D eigenvalue weighted by Gasteiger charge is 2.29. The summed E-state index contributed by atoms with van der Waals surface area (Å²) < 4.78 is 60.8. The molecule has 0 fully saturated rings. The average molecular weight is 1240 g/mol. The van der Waals surface area contributed by atoms with Crippen molar-refractivity contribution in [2.45, 2.75) is 283 Å². The molecular weight excluding hydrogens is 1120 g/mol. The Balaban J connectivity index is 4.65. The fourth-order valence-corrected chi connectivity index (χ4v) is 10.2. The Morgan fingerprint density at radius 2 is 0.624 bits per heavy atom. The summed E-state index contributed by atoms with van der Waals surface area (Å²) in [6, 6.07) is 0. The Morgan fingerprint density at radius 3 is 0.988 bits per heavy atom. The van der Waals surface area contributed by atoms with E-state index in [4.69, 9.17) is 32.3 Å². The molecule has 5 unspecified atom stereocenters. The van der Waals surface area contributed by atoms with Crippen molar-refractivity contribution in [3.63, 3.8) is 0 Å². The SMILES string of the molecule is CC/C=C\C/C=C\C/C=C\C/C=C\CCCCCCCCC(=O)OCC(O)COP(=O)(O)OCC(O)COP(=O)(O)OCC(COC(=O)CCCCCCCCC/C=C\C/C=C\C/C=C\CC)OC(=O)CCCCCCCCCCCCCCC. The summed E-state index contributed by atoms with van der Waals surface area (Å²) in [4.78, 5) is 58.3. The zero-order chi connectivity index (χ0) is 62.4. The minimum Gasteiger partial charge on any atom is -0.463 e. The topological polar surface area (TPSA) is 231 Å². The number of aliphatic hydroxyl groups is 2. The minimum absolute atomic E-state index is 0.105. The van der Waals surface area contributed by atoms with Crippen molar-refractivity contribution in [2.75, 3.05) is 39.6 Å². The minimum atomic E-state index is -4.92. The maximum Gasteiger partial charge on any atom is 0.472 e. The van der Waals surface area contributed by atoms with Crippen molar-refractivity contribution in [1.29, 1.82) is 0 Å². The van der Waals surface area contributed by atoms with Crippen LogP contribution in [0.5, 0.6) is 0 Å². The molecule has 0 rings (SSSR count). The molecule has 0 aliphatic heterocycles. The molecule has 0 heterocycles. The van der Waals surface area contributed by atoms with Crippen molar-refractivity contribution < 1.29 is 75.8 Å². The molecule has 0 aromatic carbocycles. The van der Waals surface area contributed by atoms with Crippen molar-refractivity contribution in [3.8, 4) is 0 Å². The van der Waals surface area contributed by atoms with E-state index >= 15 is 0 Å². The average Bonchev–Trinajstić information content (AvgIpc) is 3.51. The van der Waals surface area contributed by atoms with E-state index in [9.17, 15) is 43.5 Å². The van der Waals surface area contributed by atoms with Gasteiger partial charge in [0.15, 0.2) is 6.10 Å². The number of hydrogen-bond acceptors (Lipinski definition) is 14. The Bertz CT molecular complexity index is 1900. The van der Waals surface area contributed by atoms with Gasteiger partial charge in [-0.05, 0) is 89.9 Å². The number of carbonyl (C=O) groups is 3. The number of esters is 3. The van der Waals surface area contributed by atoms with Gasteiger partial charge in [0, 0.05) is 19.3 Å². The normalized spacial score (nSPS) is 14.9. The van der Waals surface area contributed by atoms with Crippen LogP contribution in [0.15, 0.2) is 85.1 Å². The predicted molar refractivity (Wildman–Crippen MR) is 344 cm³/mol. The van der Waals surface area contributed by atoms with Gasteiger partial charge in [0.2, 0.25) is 0 Å². The molecule has 4 N–H and O–H groups in total. The smallest absolute Gasteiger partial charge is 0.463 e. The van der Waals surface area contributed by atoms with Gasteiger partial charge in [0.25, 0.3) is 0 Å². The maximum atomic E-state index is 12.9. The van der Waals surface area contributed by atoms with Crippen LogP contribution in [0, 0.1) is 0 Å². The molecule has 0 bridgehead atoms. The van der Waals surface area contributed by atoms with Crippen LogP contribution in [0.3, 0.4) is 0 Å². The van der Waals surface area contributed by atoms with Crippen LogP contribution < -0.4 is 0 Å². The van der Waals surface area contributed by atoms with E-state index in [1.165, 1.54) is 51.4 Å². The summed E-state index contributed by atoms with van der Waals surface area (Å²) in [5.41, 5.74) is 0. The van der Waals surface area contributed by atoms with Gasteiger partial charge < -0.3 is 34.2 Å². The van der Waals surface area contributed by atoms with Gasteiger partial charge >= 0.3 is 33.6 Å². The number of unbranched alkanes of at least 4 members (excludes halogenated alkanes) is 25. The highest BCUT2D eigenvalue weighted by Crippen LogP contribution is 2.45. The maximum absolute atomic E-state index is 12.9. The number of ether oxygens (including phenoxy) is 3. The summed E-state index contributed by atoms with van der Waals surface area (Å²) in [6.45, 7) is 2.42. The Labute approximate surface area is 515 Å². The van der Waals surface area contributed by atoms with E-state index in [-0.39, 0.29) is 19.3 Å². The molecule has 0 spiro atoms. The number of phosphoric ester groups is 2. The second-order valence-corrected chi connectivity index (χ2v) is 24.8. The lowest BCUT2D eigenvalue weighted by atomic mass is 10.0. The lowest BCUT2D eigenvalue weighted by molar-refractivity contribution is -0.161. The quantitative estimate of drug-likeness (QED) is 0.0146. The summed E-state index contributed by atoms with van der Waals surface area (Å²) in [6.07, 6.45) is 63.5. The van der Waals surface area contributed by atoms with E-state index < -0.39 is 91.5 Å². The molecule has 18 heteroatoms. The van der Waals surface area contributed by atoms with Crippen LogP contribution in [-0.2, 0) is 55.8 Å². The molecule has 0 aromatic heterocycles. The van der Waals surface area contributed by atoms with Crippen molar-refractivity contribution in [1.82, 2.24) is 0 Å². The molecule has 0 saturated heterocycles. The first-order valence-electron chi connectivity index (χ1n) is 32.9. The van der Waals surface area contributed by atoms with E-state index in [1.54, 1.807) is 0 Å². The van der Waals surface area contributed by atoms with E-state index in [1.807, 2.05) is 0 Å². The first-order chi connectivity index (χ1) is 41.2. The van der Waals surface area contributed by atoms with Crippen molar-refractivity contribution >= 4 is 33.6 Å². The first kappa shape index (κ1) is 81.7. The summed E-state index contributed by atoms with van der Waals surface area (Å²) in [5.74, 6) is -1.59. The van der Waals surface area contributed by atoms with Gasteiger partial charge in [-0.2, -0.15) is 0 Å². The summed E-state index contributed by atoms with van der Waals surface area (Å²) in [7, 11) is -9.77. The molecule has 85 heavy (non-hydrogen) atoms. The van der Waals surface area contributed by atoms with Gasteiger partial charge in [0.05, 0.1) is 26.4 Å². The van der Waals surface area contributed by atoms with E-state index in [0.29, 0.717) is 19.3 Å². The Morgan fingerprint density at radius 1 is 0.341 bits per heavy atom. The van der Waals surface area contributed by atoms with E-state index in [2.05, 4.69) is 106 Å². The van der Waals surface area contributed by atoms with E-state index in [0.717, 1.165) is 154 Å². The molecule has 0 amide bonds. The number of hydrogen-bond donors (Lipinski definition) is 4. The van der Waals surface area contributed by atoms with Gasteiger partial charge in [-0.3, -0.25) is 32.5 Å². The van der Waals surface area contributed by atoms with Crippen LogP contribution in [0.1, 0.15) is 265 Å². The molecule has 16 nitrogen and oxygen atoms in total. The summed E-state index contributed by atoms with van der Waals surface area (Å²) >= 11 is 0. The Kier molecular flexibility index (Phi) is 58.6. The van der Waals surface area contributed by atoms with Crippen LogP contribution in [0.2, 0.25) is 0 Å². The molecule has 492 valence electrons. The monoisotopic (exact) mass is 1240 g/mol. The fourth-order valence-electron chi connectivity index (χ4n) is 8.63. The third-order valence-electron chi connectivity index (χ3n) is 13.6. The molecular formula is C67H118O16P2. The number of rotatable bonds is 62. The highest BCUT2D eigenvalue weighted by molar-refractivity contribution is 7.47. The molecule has 0 aliphatic carbocycles. The van der Waals surface area contributed by atoms with Crippen LogP contribution in [0.25, 0.3) is 0 Å². The van der Waals surface area contributed by atoms with Crippen LogP contribution >= 0.6 is 15.6 Å². The molecule has 0 aromatic rings. The number of phosphoric acid groups is 2. The second-order valence-electron chi connectivity index (χ2n) is 21.9. The van der Waals surface area contributed by atoms with Gasteiger partial charge in [-0.1, -0.05) is 241 Å². The third kappa shape index (κ3) is 62.1. The lowest BCUT2D eigenvalue weighted by Crippen LogP contribution is -2.30. The van der Waals surface area contributed by atoms with Gasteiger partial charge in [-0.25, -0.2) is 9.13 Å². The largest absolute Gasteiger partial charge is 0.472 e. The van der Waals surface area contributed by atoms with Gasteiger partial charge in [0.1, 0.15) is 25.4 Å². The number of carbonyl (C=O) groups excluding carboxylic acids is 3. The zero-order valence-corrected chi connectivity index (χ0v) is 54.8. The lowest BCUT2D eigenvalue weighted by Gasteiger charge is -2.21. The zero-order valence-electron chi connectivity index (χ0n) is 53.0. The Hall–Kier alpha value is -3.27. The van der Waals surface area contributed by atoms with Crippen LogP contribution in [0.4, 0.5) is 0 Å². The fraction of sp³-hybridized carbons (Fsp3) is 0.746. The highest BCUT2D eigenvalue weighted by atomic mass is 31.2. The van der Waals surface area contributed by atoms with Crippen molar-refractivity contribution in [3.05, 3.63) is 85.1 Å².